The Hall–Kier alpha value is -2.46. The molecule has 3 rings (SSSR count). The van der Waals surface area contributed by atoms with Gasteiger partial charge in [-0.3, -0.25) is 4.79 Å². The first-order valence-corrected chi connectivity index (χ1v) is 7.72. The summed E-state index contributed by atoms with van der Waals surface area (Å²) in [6.45, 7) is 2.53. The molecule has 23 heavy (non-hydrogen) atoms. The number of nitrogens with one attached hydrogen (secondary N) is 1. The van der Waals surface area contributed by atoms with Crippen molar-refractivity contribution in [2.45, 2.75) is 13.3 Å². The maximum absolute atomic E-state index is 11.3. The largest absolute Gasteiger partial charge is 0.494 e. The van der Waals surface area contributed by atoms with Crippen LogP contribution in [0.2, 0.25) is 5.02 Å². The Morgan fingerprint density at radius 1 is 1.22 bits per heavy atom. The molecule has 4 nitrogen and oxygen atoms in total. The second-order valence-corrected chi connectivity index (χ2v) is 5.58. The average molecular weight is 330 g/mol. The van der Waals surface area contributed by atoms with E-state index in [0.29, 0.717) is 11.6 Å². The first-order chi connectivity index (χ1) is 11.1. The molecule has 0 bridgehead atoms. The molecule has 0 saturated heterocycles. The van der Waals surface area contributed by atoms with Crippen LogP contribution in [0.4, 0.5) is 0 Å². The van der Waals surface area contributed by atoms with Crippen LogP contribution in [0.3, 0.4) is 0 Å². The predicted octanol–water partition coefficient (Wildman–Crippen LogP) is 4.51. The molecule has 0 aliphatic heterocycles. The monoisotopic (exact) mass is 329 g/mol. The third-order valence-electron chi connectivity index (χ3n) is 3.67. The van der Waals surface area contributed by atoms with Crippen LogP contribution < -0.4 is 4.74 Å². The number of para-hydroxylation sites is 1. The highest BCUT2D eigenvalue weighted by Gasteiger charge is 2.17. The van der Waals surface area contributed by atoms with Crippen LogP contribution in [-0.2, 0) is 11.2 Å². The Balaban J connectivity index is 2.15. The van der Waals surface area contributed by atoms with Crippen molar-refractivity contribution < 1.29 is 14.6 Å². The topological polar surface area (TPSA) is 62.3 Å². The highest BCUT2D eigenvalue weighted by atomic mass is 35.5. The highest BCUT2D eigenvalue weighted by Crippen LogP contribution is 2.34. The van der Waals surface area contributed by atoms with E-state index in [9.17, 15) is 9.90 Å². The van der Waals surface area contributed by atoms with Crippen LogP contribution in [0.25, 0.3) is 22.2 Å². The van der Waals surface area contributed by atoms with Crippen molar-refractivity contribution in [3.8, 4) is 17.0 Å². The number of H-pyrrole nitrogens is 1. The number of benzene rings is 2. The van der Waals surface area contributed by atoms with Gasteiger partial charge in [0.25, 0.3) is 0 Å². The van der Waals surface area contributed by atoms with Gasteiger partial charge in [0.05, 0.1) is 29.3 Å². The number of ether oxygens (including phenoxy) is 1. The number of fused-ring (bicyclic) bond motifs is 1. The van der Waals surface area contributed by atoms with Gasteiger partial charge in [0.1, 0.15) is 5.75 Å². The molecule has 5 heteroatoms. The fraction of sp³-hybridized carbons (Fsp3) is 0.167. The van der Waals surface area contributed by atoms with Crippen LogP contribution in [0.5, 0.6) is 5.75 Å². The molecule has 0 fully saturated rings. The summed E-state index contributed by atoms with van der Waals surface area (Å²) in [6.07, 6.45) is -0.0666. The normalized spacial score (nSPS) is 10.9. The number of hydrogen-bond acceptors (Lipinski definition) is 2. The zero-order valence-electron chi connectivity index (χ0n) is 12.6. The Morgan fingerprint density at radius 3 is 2.61 bits per heavy atom. The van der Waals surface area contributed by atoms with E-state index in [2.05, 4.69) is 4.98 Å². The third-order valence-corrected chi connectivity index (χ3v) is 3.99. The summed E-state index contributed by atoms with van der Waals surface area (Å²) in [4.78, 5) is 14.5. The van der Waals surface area contributed by atoms with Gasteiger partial charge in [-0.15, -0.1) is 0 Å². The molecule has 2 N–H and O–H groups in total. The van der Waals surface area contributed by atoms with Gasteiger partial charge in [-0.05, 0) is 48.4 Å². The Labute approximate surface area is 138 Å². The first-order valence-electron chi connectivity index (χ1n) is 7.34. The van der Waals surface area contributed by atoms with E-state index < -0.39 is 5.97 Å². The number of carboxylic acid groups (broad SMARTS) is 1. The van der Waals surface area contributed by atoms with Gasteiger partial charge < -0.3 is 14.8 Å². The number of rotatable bonds is 5. The van der Waals surface area contributed by atoms with Gasteiger partial charge >= 0.3 is 5.97 Å². The number of aromatic nitrogens is 1. The molecule has 0 spiro atoms. The van der Waals surface area contributed by atoms with Gasteiger partial charge in [-0.25, -0.2) is 0 Å². The first kappa shape index (κ1) is 15.4. The molecule has 0 atom stereocenters. The SMILES string of the molecule is CCOc1ccc(-c2[nH]c3c(Cl)cccc3c2CC(=O)O)cc1. The fourth-order valence-electron chi connectivity index (χ4n) is 2.70. The van der Waals surface area contributed by atoms with Crippen LogP contribution in [0, 0.1) is 0 Å². The minimum atomic E-state index is -0.877. The molecule has 2 aromatic carbocycles. The summed E-state index contributed by atoms with van der Waals surface area (Å²) in [7, 11) is 0. The van der Waals surface area contributed by atoms with Crippen molar-refractivity contribution in [1.29, 1.82) is 0 Å². The molecule has 0 amide bonds. The van der Waals surface area contributed by atoms with Crippen molar-refractivity contribution in [2.24, 2.45) is 0 Å². The summed E-state index contributed by atoms with van der Waals surface area (Å²) < 4.78 is 5.44. The summed E-state index contributed by atoms with van der Waals surface area (Å²) in [5.74, 6) is -0.0942. The highest BCUT2D eigenvalue weighted by molar-refractivity contribution is 6.35. The minimum Gasteiger partial charge on any atom is -0.494 e. The zero-order chi connectivity index (χ0) is 16.4. The fourth-order valence-corrected chi connectivity index (χ4v) is 2.93. The van der Waals surface area contributed by atoms with E-state index in [1.807, 2.05) is 43.3 Å². The molecule has 0 unspecified atom stereocenters. The third kappa shape index (κ3) is 3.03. The van der Waals surface area contributed by atoms with E-state index in [4.69, 9.17) is 16.3 Å². The maximum Gasteiger partial charge on any atom is 0.307 e. The molecule has 0 radical (unpaired) electrons. The van der Waals surface area contributed by atoms with Crippen LogP contribution in [0.15, 0.2) is 42.5 Å². The number of carbonyl (C=O) groups is 1. The average Bonchev–Trinajstić information content (AvgIpc) is 2.88. The number of halogens is 1. The van der Waals surface area contributed by atoms with E-state index in [1.165, 1.54) is 0 Å². The Kier molecular flexibility index (Phi) is 4.26. The molecule has 3 aromatic rings. The maximum atomic E-state index is 11.3. The molecule has 0 aliphatic rings. The second kappa shape index (κ2) is 6.34. The van der Waals surface area contributed by atoms with E-state index in [0.717, 1.165) is 33.5 Å². The summed E-state index contributed by atoms with van der Waals surface area (Å²) >= 11 is 6.23. The van der Waals surface area contributed by atoms with Crippen molar-refractivity contribution in [3.05, 3.63) is 53.1 Å². The van der Waals surface area contributed by atoms with Crippen molar-refractivity contribution in [1.82, 2.24) is 4.98 Å². The summed E-state index contributed by atoms with van der Waals surface area (Å²) in [5.41, 5.74) is 3.17. The lowest BCUT2D eigenvalue weighted by Gasteiger charge is -2.06. The van der Waals surface area contributed by atoms with Gasteiger partial charge in [-0.2, -0.15) is 0 Å². The number of aromatic amines is 1. The van der Waals surface area contributed by atoms with E-state index in [-0.39, 0.29) is 6.42 Å². The zero-order valence-corrected chi connectivity index (χ0v) is 13.4. The van der Waals surface area contributed by atoms with Gasteiger partial charge in [-0.1, -0.05) is 23.7 Å². The lowest BCUT2D eigenvalue weighted by atomic mass is 10.0. The number of hydrogen-bond donors (Lipinski definition) is 2. The summed E-state index contributed by atoms with van der Waals surface area (Å²) in [6, 6.07) is 13.1. The van der Waals surface area contributed by atoms with E-state index >= 15 is 0 Å². The van der Waals surface area contributed by atoms with Crippen molar-refractivity contribution in [3.63, 3.8) is 0 Å². The number of aliphatic carboxylic acids is 1. The second-order valence-electron chi connectivity index (χ2n) is 5.17. The lowest BCUT2D eigenvalue weighted by molar-refractivity contribution is -0.136. The lowest BCUT2D eigenvalue weighted by Crippen LogP contribution is -2.01. The van der Waals surface area contributed by atoms with Crippen LogP contribution >= 0.6 is 11.6 Å². The van der Waals surface area contributed by atoms with Crippen LogP contribution in [0.1, 0.15) is 12.5 Å². The Bertz CT molecular complexity index is 853. The van der Waals surface area contributed by atoms with Gasteiger partial charge in [0, 0.05) is 5.39 Å². The Morgan fingerprint density at radius 2 is 1.96 bits per heavy atom. The molecule has 1 aromatic heterocycles. The molecule has 0 saturated carbocycles. The molecular weight excluding hydrogens is 314 g/mol. The molecule has 0 aliphatic carbocycles. The van der Waals surface area contributed by atoms with E-state index in [1.54, 1.807) is 6.07 Å². The quantitative estimate of drug-likeness (QED) is 0.723. The van der Waals surface area contributed by atoms with Gasteiger partial charge in [0.2, 0.25) is 0 Å². The predicted molar refractivity (Wildman–Crippen MR) is 91.3 cm³/mol. The summed E-state index contributed by atoms with van der Waals surface area (Å²) in [5, 5.41) is 10.6. The molecule has 1 heterocycles. The van der Waals surface area contributed by atoms with Crippen molar-refractivity contribution in [2.75, 3.05) is 6.61 Å². The molecule has 118 valence electrons. The van der Waals surface area contributed by atoms with Gasteiger partial charge in [0.15, 0.2) is 0 Å². The van der Waals surface area contributed by atoms with Crippen molar-refractivity contribution >= 4 is 28.5 Å². The molecular formula is C18H16ClNO3. The standard InChI is InChI=1S/C18H16ClNO3/c1-2-23-12-8-6-11(7-9-12)17-14(10-16(21)22)13-4-3-5-15(19)18(13)20-17/h3-9,20H,2,10H2,1H3,(H,21,22). The smallest absolute Gasteiger partial charge is 0.307 e. The van der Waals surface area contributed by atoms with Crippen LogP contribution in [-0.4, -0.2) is 22.7 Å². The number of carboxylic acids is 1. The minimum absolute atomic E-state index is 0.0666.